The molecule has 8 nitrogen and oxygen atoms in total. The lowest BCUT2D eigenvalue weighted by Crippen LogP contribution is -2.42. The predicted molar refractivity (Wildman–Crippen MR) is 65.3 cm³/mol. The fraction of sp³-hybridized carbons (Fsp3) is 0.250. The molecule has 1 rings (SSSR count). The number of carbonyl (C=O) groups excluding carboxylic acids is 2. The van der Waals surface area contributed by atoms with E-state index < -0.39 is 41.8 Å². The molecule has 1 aromatic carbocycles. The number of nitrogens with one attached hydrogen (secondary N) is 1. The third-order valence-electron chi connectivity index (χ3n) is 2.46. The van der Waals surface area contributed by atoms with Gasteiger partial charge in [-0.05, 0) is 12.1 Å². The number of para-hydroxylation sites is 1. The number of ether oxygens (including phenoxy) is 1. The van der Waals surface area contributed by atoms with Gasteiger partial charge in [0, 0.05) is 0 Å². The Hall–Kier alpha value is -2.77. The largest absolute Gasteiger partial charge is 0.504 e. The first-order valence-corrected chi connectivity index (χ1v) is 5.48. The van der Waals surface area contributed by atoms with Crippen LogP contribution in [0.25, 0.3) is 0 Å². The number of aliphatic carboxylic acids is 1. The number of phenols is 2. The molecule has 0 fully saturated rings. The number of methoxy groups -OCH3 is 1. The number of carbonyl (C=O) groups is 3. The third-order valence-corrected chi connectivity index (χ3v) is 2.46. The summed E-state index contributed by atoms with van der Waals surface area (Å²) in [5.41, 5.74) is -0.305. The van der Waals surface area contributed by atoms with E-state index in [1.807, 2.05) is 0 Å². The maximum atomic E-state index is 11.8. The zero-order valence-electron chi connectivity index (χ0n) is 10.5. The summed E-state index contributed by atoms with van der Waals surface area (Å²) < 4.78 is 4.32. The van der Waals surface area contributed by atoms with Crippen LogP contribution in [0.2, 0.25) is 0 Å². The number of aromatic hydroxyl groups is 2. The molecular weight excluding hydrogens is 270 g/mol. The molecule has 0 spiro atoms. The van der Waals surface area contributed by atoms with E-state index in [2.05, 4.69) is 10.1 Å². The van der Waals surface area contributed by atoms with Crippen molar-refractivity contribution >= 4 is 17.8 Å². The minimum atomic E-state index is -1.50. The standard InChI is InChI=1S/C12H13NO7/c1-20-9(15)5-7(12(18)19)13-11(17)6-3-2-4-8(14)10(6)16/h2-4,7,14,16H,5H2,1H3,(H,13,17)(H,18,19)/t7-/m0/s1. The van der Waals surface area contributed by atoms with Crippen molar-refractivity contribution in [3.05, 3.63) is 23.8 Å². The Bertz CT molecular complexity index is 541. The van der Waals surface area contributed by atoms with Gasteiger partial charge in [-0.3, -0.25) is 9.59 Å². The highest BCUT2D eigenvalue weighted by molar-refractivity contribution is 6.00. The van der Waals surface area contributed by atoms with Crippen LogP contribution in [0, 0.1) is 0 Å². The van der Waals surface area contributed by atoms with Crippen LogP contribution < -0.4 is 5.32 Å². The number of phenolic OH excluding ortho intramolecular Hbond substituents is 2. The van der Waals surface area contributed by atoms with E-state index in [-0.39, 0.29) is 5.56 Å². The van der Waals surface area contributed by atoms with Crippen molar-refractivity contribution in [1.29, 1.82) is 0 Å². The van der Waals surface area contributed by atoms with Gasteiger partial charge in [0.05, 0.1) is 19.1 Å². The maximum absolute atomic E-state index is 11.8. The van der Waals surface area contributed by atoms with E-state index in [9.17, 15) is 24.6 Å². The summed E-state index contributed by atoms with van der Waals surface area (Å²) in [7, 11) is 1.09. The Kier molecular flexibility index (Phi) is 4.90. The van der Waals surface area contributed by atoms with Crippen LogP contribution in [0.4, 0.5) is 0 Å². The first kappa shape index (κ1) is 15.3. The molecule has 0 aliphatic heterocycles. The van der Waals surface area contributed by atoms with Gasteiger partial charge in [0.2, 0.25) is 0 Å². The van der Waals surface area contributed by atoms with Crippen LogP contribution in [0.1, 0.15) is 16.8 Å². The molecule has 1 atom stereocenters. The maximum Gasteiger partial charge on any atom is 0.326 e. The Morgan fingerprint density at radius 2 is 1.95 bits per heavy atom. The molecule has 108 valence electrons. The summed E-state index contributed by atoms with van der Waals surface area (Å²) >= 11 is 0. The zero-order valence-corrected chi connectivity index (χ0v) is 10.5. The molecule has 20 heavy (non-hydrogen) atoms. The van der Waals surface area contributed by atoms with E-state index >= 15 is 0 Å². The second kappa shape index (κ2) is 6.41. The average molecular weight is 283 g/mol. The topological polar surface area (TPSA) is 133 Å². The SMILES string of the molecule is COC(=O)C[C@H](NC(=O)c1cccc(O)c1O)C(=O)O. The lowest BCUT2D eigenvalue weighted by atomic mass is 10.1. The van der Waals surface area contributed by atoms with Gasteiger partial charge < -0.3 is 25.4 Å². The van der Waals surface area contributed by atoms with Crippen LogP contribution in [-0.2, 0) is 14.3 Å². The van der Waals surface area contributed by atoms with E-state index in [1.54, 1.807) is 0 Å². The highest BCUT2D eigenvalue weighted by Gasteiger charge is 2.25. The highest BCUT2D eigenvalue weighted by Crippen LogP contribution is 2.28. The molecule has 0 bridgehead atoms. The smallest absolute Gasteiger partial charge is 0.326 e. The van der Waals surface area contributed by atoms with Gasteiger partial charge in [0.25, 0.3) is 5.91 Å². The number of hydrogen-bond acceptors (Lipinski definition) is 6. The summed E-state index contributed by atoms with van der Waals surface area (Å²) in [6.07, 6.45) is -0.558. The molecular formula is C12H13NO7. The van der Waals surface area contributed by atoms with Crippen LogP contribution >= 0.6 is 0 Å². The van der Waals surface area contributed by atoms with E-state index in [1.165, 1.54) is 12.1 Å². The lowest BCUT2D eigenvalue weighted by molar-refractivity contribution is -0.147. The number of benzene rings is 1. The molecule has 0 aliphatic carbocycles. The molecule has 8 heteroatoms. The first-order chi connectivity index (χ1) is 9.36. The van der Waals surface area contributed by atoms with Gasteiger partial charge in [-0.2, -0.15) is 0 Å². The van der Waals surface area contributed by atoms with Gasteiger partial charge >= 0.3 is 11.9 Å². The van der Waals surface area contributed by atoms with Gasteiger partial charge in [0.15, 0.2) is 11.5 Å². The van der Waals surface area contributed by atoms with Crippen molar-refractivity contribution in [3.63, 3.8) is 0 Å². The summed E-state index contributed by atoms with van der Waals surface area (Å²) in [6.45, 7) is 0. The van der Waals surface area contributed by atoms with Crippen molar-refractivity contribution in [1.82, 2.24) is 5.32 Å². The number of hydrogen-bond donors (Lipinski definition) is 4. The van der Waals surface area contributed by atoms with E-state index in [0.717, 1.165) is 13.2 Å². The molecule has 1 aromatic rings. The Labute approximate surface area is 113 Å². The lowest BCUT2D eigenvalue weighted by Gasteiger charge is -2.14. The second-order valence-electron chi connectivity index (χ2n) is 3.82. The summed E-state index contributed by atoms with van der Waals surface area (Å²) in [4.78, 5) is 33.8. The van der Waals surface area contributed by atoms with Crippen LogP contribution in [-0.4, -0.2) is 46.3 Å². The van der Waals surface area contributed by atoms with E-state index in [0.29, 0.717) is 0 Å². The van der Waals surface area contributed by atoms with Crippen molar-refractivity contribution in [2.75, 3.05) is 7.11 Å². The molecule has 0 heterocycles. The highest BCUT2D eigenvalue weighted by atomic mass is 16.5. The van der Waals surface area contributed by atoms with Crippen molar-refractivity contribution < 1.29 is 34.4 Å². The van der Waals surface area contributed by atoms with Gasteiger partial charge in [0.1, 0.15) is 6.04 Å². The van der Waals surface area contributed by atoms with Crippen LogP contribution in [0.5, 0.6) is 11.5 Å². The second-order valence-corrected chi connectivity index (χ2v) is 3.82. The van der Waals surface area contributed by atoms with E-state index in [4.69, 9.17) is 5.11 Å². The molecule has 0 unspecified atom stereocenters. The Morgan fingerprint density at radius 3 is 2.50 bits per heavy atom. The molecule has 4 N–H and O–H groups in total. The normalized spacial score (nSPS) is 11.4. The summed E-state index contributed by atoms with van der Waals surface area (Å²) in [5, 5.41) is 29.7. The van der Waals surface area contributed by atoms with Crippen LogP contribution in [0.3, 0.4) is 0 Å². The summed E-state index contributed by atoms with van der Waals surface area (Å²) in [6, 6.07) is 2.16. The minimum absolute atomic E-state index is 0.305. The number of rotatable bonds is 5. The number of esters is 1. The van der Waals surface area contributed by atoms with Gasteiger partial charge in [-0.25, -0.2) is 4.79 Å². The van der Waals surface area contributed by atoms with Crippen molar-refractivity contribution in [3.8, 4) is 11.5 Å². The van der Waals surface area contributed by atoms with Crippen molar-refractivity contribution in [2.24, 2.45) is 0 Å². The first-order valence-electron chi connectivity index (χ1n) is 5.48. The predicted octanol–water partition coefficient (Wildman–Crippen LogP) is -0.156. The zero-order chi connectivity index (χ0) is 15.3. The average Bonchev–Trinajstić information content (AvgIpc) is 2.40. The fourth-order valence-corrected chi connectivity index (χ4v) is 1.40. The molecule has 0 aromatic heterocycles. The van der Waals surface area contributed by atoms with Gasteiger partial charge in [-0.1, -0.05) is 6.07 Å². The van der Waals surface area contributed by atoms with Crippen molar-refractivity contribution in [2.45, 2.75) is 12.5 Å². The number of amides is 1. The molecule has 1 amide bonds. The van der Waals surface area contributed by atoms with Crippen LogP contribution in [0.15, 0.2) is 18.2 Å². The third kappa shape index (κ3) is 3.61. The quantitative estimate of drug-likeness (QED) is 0.436. The molecule has 0 radical (unpaired) electrons. The molecule has 0 saturated heterocycles. The molecule has 0 aliphatic rings. The fourth-order valence-electron chi connectivity index (χ4n) is 1.40. The number of carboxylic acid groups (broad SMARTS) is 1. The monoisotopic (exact) mass is 283 g/mol. The summed E-state index contributed by atoms with van der Waals surface area (Å²) in [5.74, 6) is -4.36. The Balaban J connectivity index is 2.88. The minimum Gasteiger partial charge on any atom is -0.504 e. The van der Waals surface area contributed by atoms with Gasteiger partial charge in [-0.15, -0.1) is 0 Å². The molecule has 0 saturated carbocycles. The number of carboxylic acids is 1. The Morgan fingerprint density at radius 1 is 1.30 bits per heavy atom.